The summed E-state index contributed by atoms with van der Waals surface area (Å²) in [7, 11) is 0. The van der Waals surface area contributed by atoms with Crippen molar-refractivity contribution in [2.45, 2.75) is 32.7 Å². The number of hydrogen-bond acceptors (Lipinski definition) is 4. The zero-order chi connectivity index (χ0) is 17.1. The first-order valence-electron chi connectivity index (χ1n) is 7.68. The van der Waals surface area contributed by atoms with E-state index in [0.29, 0.717) is 25.2 Å². The predicted molar refractivity (Wildman–Crippen MR) is 88.3 cm³/mol. The molecule has 2 aromatic rings. The van der Waals surface area contributed by atoms with Crippen molar-refractivity contribution in [3.8, 4) is 6.07 Å². The van der Waals surface area contributed by atoms with Crippen molar-refractivity contribution in [1.82, 2.24) is 9.78 Å². The topological polar surface area (TPSA) is 99.8 Å². The van der Waals surface area contributed by atoms with Gasteiger partial charge in [-0.05, 0) is 24.1 Å². The van der Waals surface area contributed by atoms with E-state index in [9.17, 15) is 9.59 Å². The number of amides is 2. The normalized spacial score (nSPS) is 12.4. The van der Waals surface area contributed by atoms with Gasteiger partial charge in [0.15, 0.2) is 0 Å². The molecule has 0 saturated heterocycles. The first kappa shape index (κ1) is 15.7. The summed E-state index contributed by atoms with van der Waals surface area (Å²) in [6.45, 7) is 2.27. The first-order chi connectivity index (χ1) is 11.5. The van der Waals surface area contributed by atoms with Gasteiger partial charge in [-0.1, -0.05) is 12.1 Å². The number of nitriles is 1. The van der Waals surface area contributed by atoms with E-state index in [1.165, 1.54) is 0 Å². The summed E-state index contributed by atoms with van der Waals surface area (Å²) in [6.07, 6.45) is 0.916. The lowest BCUT2D eigenvalue weighted by Crippen LogP contribution is -2.17. The Morgan fingerprint density at radius 2 is 2.29 bits per heavy atom. The van der Waals surface area contributed by atoms with Gasteiger partial charge in [0.2, 0.25) is 11.8 Å². The molecule has 0 fully saturated rings. The largest absolute Gasteiger partial charge is 0.326 e. The van der Waals surface area contributed by atoms with E-state index in [1.54, 1.807) is 10.7 Å². The van der Waals surface area contributed by atoms with Gasteiger partial charge in [-0.25, -0.2) is 4.68 Å². The molecule has 1 aromatic heterocycles. The maximum atomic E-state index is 12.3. The lowest BCUT2D eigenvalue weighted by molar-refractivity contribution is -0.116. The van der Waals surface area contributed by atoms with E-state index in [0.717, 1.165) is 22.5 Å². The number of fused-ring (bicyclic) bond motifs is 1. The molecule has 3 rings (SSSR count). The van der Waals surface area contributed by atoms with E-state index in [2.05, 4.69) is 21.8 Å². The third kappa shape index (κ3) is 3.43. The molecule has 0 unspecified atom stereocenters. The minimum Gasteiger partial charge on any atom is -0.326 e. The van der Waals surface area contributed by atoms with Crippen LogP contribution in [0.4, 0.5) is 11.5 Å². The molecular weight excluding hydrogens is 306 g/mol. The van der Waals surface area contributed by atoms with Gasteiger partial charge >= 0.3 is 0 Å². The van der Waals surface area contributed by atoms with Crippen LogP contribution in [0.25, 0.3) is 0 Å². The number of nitrogens with zero attached hydrogens (tertiary/aromatic N) is 3. The molecule has 0 bridgehead atoms. The third-order valence-corrected chi connectivity index (χ3v) is 3.77. The van der Waals surface area contributed by atoms with Gasteiger partial charge in [-0.2, -0.15) is 10.4 Å². The molecule has 24 heavy (non-hydrogen) atoms. The fourth-order valence-electron chi connectivity index (χ4n) is 2.72. The van der Waals surface area contributed by atoms with Gasteiger partial charge < -0.3 is 10.6 Å². The molecule has 7 heteroatoms. The van der Waals surface area contributed by atoms with E-state index in [4.69, 9.17) is 5.26 Å². The monoisotopic (exact) mass is 323 g/mol. The molecule has 7 nitrogen and oxygen atoms in total. The molecule has 2 amide bonds. The van der Waals surface area contributed by atoms with Crippen LogP contribution >= 0.6 is 0 Å². The zero-order valence-electron chi connectivity index (χ0n) is 13.3. The summed E-state index contributed by atoms with van der Waals surface area (Å²) in [5.41, 5.74) is 3.34. The van der Waals surface area contributed by atoms with Crippen LogP contribution in [-0.2, 0) is 29.0 Å². The van der Waals surface area contributed by atoms with Crippen LogP contribution in [0.2, 0.25) is 0 Å². The SMILES string of the molecule is Cc1cc(NC(=O)Cc2ccc3c(c2)NC(=O)C3)n(CCC#N)n1. The predicted octanol–water partition coefficient (Wildman–Crippen LogP) is 1.78. The second-order valence-electron chi connectivity index (χ2n) is 5.74. The molecule has 1 aliphatic heterocycles. The van der Waals surface area contributed by atoms with Crippen LogP contribution in [0.5, 0.6) is 0 Å². The number of aromatic nitrogens is 2. The summed E-state index contributed by atoms with van der Waals surface area (Å²) in [5.74, 6) is 0.392. The Labute approximate surface area is 139 Å². The highest BCUT2D eigenvalue weighted by atomic mass is 16.2. The summed E-state index contributed by atoms with van der Waals surface area (Å²) in [5, 5.41) is 18.6. The number of rotatable bonds is 5. The number of anilines is 2. The maximum absolute atomic E-state index is 12.3. The number of hydrogen-bond donors (Lipinski definition) is 2. The zero-order valence-corrected chi connectivity index (χ0v) is 13.3. The molecule has 1 aliphatic rings. The fourth-order valence-corrected chi connectivity index (χ4v) is 2.72. The van der Waals surface area contributed by atoms with Crippen LogP contribution in [0.15, 0.2) is 24.3 Å². The summed E-state index contributed by atoms with van der Waals surface area (Å²) in [6, 6.07) is 9.40. The number of carbonyl (C=O) groups excluding carboxylic acids is 2. The second-order valence-corrected chi connectivity index (χ2v) is 5.74. The van der Waals surface area contributed by atoms with Gasteiger partial charge in [0.25, 0.3) is 0 Å². The van der Waals surface area contributed by atoms with Crippen molar-refractivity contribution in [1.29, 1.82) is 5.26 Å². The Morgan fingerprint density at radius 3 is 3.08 bits per heavy atom. The summed E-state index contributed by atoms with van der Waals surface area (Å²) >= 11 is 0. The van der Waals surface area contributed by atoms with Crippen LogP contribution in [0.1, 0.15) is 23.2 Å². The Morgan fingerprint density at radius 1 is 1.46 bits per heavy atom. The van der Waals surface area contributed by atoms with Crippen molar-refractivity contribution < 1.29 is 9.59 Å². The lowest BCUT2D eigenvalue weighted by Gasteiger charge is -2.08. The van der Waals surface area contributed by atoms with Crippen LogP contribution in [0, 0.1) is 18.3 Å². The Kier molecular flexibility index (Phi) is 4.29. The first-order valence-corrected chi connectivity index (χ1v) is 7.68. The maximum Gasteiger partial charge on any atom is 0.229 e. The second kappa shape index (κ2) is 6.54. The van der Waals surface area contributed by atoms with Crippen LogP contribution < -0.4 is 10.6 Å². The van der Waals surface area contributed by atoms with Crippen molar-refractivity contribution >= 4 is 23.3 Å². The molecule has 0 spiro atoms. The Balaban J connectivity index is 1.67. The standard InChI is InChI=1S/C17H17N5O2/c1-11-7-15(22(21-11)6-2-5-18)20-16(23)9-12-3-4-13-10-17(24)19-14(13)8-12/h3-4,7-8H,2,6,9-10H2,1H3,(H,19,24)(H,20,23). The van der Waals surface area contributed by atoms with Crippen molar-refractivity contribution in [3.63, 3.8) is 0 Å². The minimum absolute atomic E-state index is 0.0246. The average molecular weight is 323 g/mol. The van der Waals surface area contributed by atoms with Gasteiger partial charge in [-0.3, -0.25) is 9.59 Å². The molecule has 0 aliphatic carbocycles. The minimum atomic E-state index is -0.169. The Hall–Kier alpha value is -3.14. The van der Waals surface area contributed by atoms with Crippen molar-refractivity contribution in [3.05, 3.63) is 41.1 Å². The molecule has 0 atom stereocenters. The number of nitrogens with one attached hydrogen (secondary N) is 2. The molecule has 2 heterocycles. The molecular formula is C17H17N5O2. The molecule has 0 radical (unpaired) electrons. The summed E-state index contributed by atoms with van der Waals surface area (Å²) in [4.78, 5) is 23.7. The van der Waals surface area contributed by atoms with Crippen molar-refractivity contribution in [2.24, 2.45) is 0 Å². The van der Waals surface area contributed by atoms with E-state index in [-0.39, 0.29) is 18.2 Å². The fraction of sp³-hybridized carbons (Fsp3) is 0.294. The highest BCUT2D eigenvalue weighted by Gasteiger charge is 2.18. The number of carbonyl (C=O) groups is 2. The van der Waals surface area contributed by atoms with Gasteiger partial charge in [0.1, 0.15) is 5.82 Å². The lowest BCUT2D eigenvalue weighted by atomic mass is 10.1. The molecule has 1 aromatic carbocycles. The number of aryl methyl sites for hydroxylation is 2. The van der Waals surface area contributed by atoms with Gasteiger partial charge in [-0.15, -0.1) is 0 Å². The van der Waals surface area contributed by atoms with E-state index < -0.39 is 0 Å². The van der Waals surface area contributed by atoms with E-state index >= 15 is 0 Å². The third-order valence-electron chi connectivity index (χ3n) is 3.77. The summed E-state index contributed by atoms with van der Waals surface area (Å²) < 4.78 is 1.62. The highest BCUT2D eigenvalue weighted by Crippen LogP contribution is 2.24. The van der Waals surface area contributed by atoms with Gasteiger partial charge in [0, 0.05) is 11.8 Å². The molecule has 2 N–H and O–H groups in total. The number of benzene rings is 1. The van der Waals surface area contributed by atoms with Crippen LogP contribution in [-0.4, -0.2) is 21.6 Å². The van der Waals surface area contributed by atoms with Gasteiger partial charge in [0.05, 0.1) is 37.6 Å². The van der Waals surface area contributed by atoms with Crippen molar-refractivity contribution in [2.75, 3.05) is 10.6 Å². The quantitative estimate of drug-likeness (QED) is 0.876. The highest BCUT2D eigenvalue weighted by molar-refractivity contribution is 5.99. The molecule has 0 saturated carbocycles. The average Bonchev–Trinajstić information content (AvgIpc) is 3.06. The van der Waals surface area contributed by atoms with Crippen LogP contribution in [0.3, 0.4) is 0 Å². The molecule has 122 valence electrons. The Bertz CT molecular complexity index is 847. The van der Waals surface area contributed by atoms with E-state index in [1.807, 2.05) is 25.1 Å². The smallest absolute Gasteiger partial charge is 0.229 e.